The number of aliphatic hydroxyl groups is 2. The molecule has 1 aliphatic heterocycles. The van der Waals surface area contributed by atoms with E-state index in [-0.39, 0.29) is 0 Å². The second-order valence-corrected chi connectivity index (χ2v) is 7.42. The lowest BCUT2D eigenvalue weighted by Gasteiger charge is -2.28. The average molecular weight is 403 g/mol. The van der Waals surface area contributed by atoms with Gasteiger partial charge in [-0.15, -0.1) is 5.10 Å². The van der Waals surface area contributed by atoms with Crippen LogP contribution in [-0.4, -0.2) is 51.1 Å². The van der Waals surface area contributed by atoms with Crippen molar-refractivity contribution in [2.75, 3.05) is 31.2 Å². The van der Waals surface area contributed by atoms with Crippen molar-refractivity contribution in [2.24, 2.45) is 0 Å². The second kappa shape index (κ2) is 7.67. The number of anilines is 1. The highest BCUT2D eigenvalue weighted by Gasteiger charge is 2.22. The highest BCUT2D eigenvalue weighted by atomic mass is 35.5. The van der Waals surface area contributed by atoms with Crippen LogP contribution in [0.5, 0.6) is 0 Å². The standard InChI is InChI=1S/C20H23ClN4O3/c1-12-14(4-3-5-16(12)21)10-17-13(2)22-19-15(20(26)27)11-18(23-25(17)19)24-6-8-28-9-7-24/h3-5,11,20,26-27H,6-10H2,1-2H3. The lowest BCUT2D eigenvalue weighted by Crippen LogP contribution is -2.37. The Bertz CT molecular complexity index is 1010. The molecule has 1 fully saturated rings. The van der Waals surface area contributed by atoms with E-state index < -0.39 is 6.29 Å². The minimum Gasteiger partial charge on any atom is -0.378 e. The van der Waals surface area contributed by atoms with E-state index in [0.29, 0.717) is 49.8 Å². The highest BCUT2D eigenvalue weighted by molar-refractivity contribution is 6.31. The van der Waals surface area contributed by atoms with Gasteiger partial charge in [0.2, 0.25) is 0 Å². The number of benzene rings is 1. The number of hydrogen-bond acceptors (Lipinski definition) is 6. The Hall–Kier alpha value is -2.19. The fraction of sp³-hybridized carbons (Fsp3) is 0.400. The van der Waals surface area contributed by atoms with E-state index in [0.717, 1.165) is 27.5 Å². The Labute approximate surface area is 168 Å². The number of aryl methyl sites for hydroxylation is 1. The summed E-state index contributed by atoms with van der Waals surface area (Å²) in [5.74, 6) is 0.681. The molecule has 0 unspecified atom stereocenters. The summed E-state index contributed by atoms with van der Waals surface area (Å²) in [6.45, 7) is 6.55. The topological polar surface area (TPSA) is 83.1 Å². The van der Waals surface area contributed by atoms with E-state index >= 15 is 0 Å². The third-order valence-electron chi connectivity index (χ3n) is 5.24. The zero-order valence-corrected chi connectivity index (χ0v) is 16.6. The predicted molar refractivity (Wildman–Crippen MR) is 107 cm³/mol. The quantitative estimate of drug-likeness (QED) is 0.652. The van der Waals surface area contributed by atoms with Crippen molar-refractivity contribution >= 4 is 23.1 Å². The Morgan fingerprint density at radius 2 is 1.96 bits per heavy atom. The number of nitrogens with zero attached hydrogens (tertiary/aromatic N) is 4. The Kier molecular flexibility index (Phi) is 5.25. The summed E-state index contributed by atoms with van der Waals surface area (Å²) in [6, 6.07) is 7.54. The molecule has 0 spiro atoms. The first-order chi connectivity index (χ1) is 13.5. The minimum atomic E-state index is -1.63. The Morgan fingerprint density at radius 3 is 2.68 bits per heavy atom. The minimum absolute atomic E-state index is 0.341. The lowest BCUT2D eigenvalue weighted by atomic mass is 10.0. The first kappa shape index (κ1) is 19.1. The maximum Gasteiger partial charge on any atom is 0.182 e. The van der Waals surface area contributed by atoms with Gasteiger partial charge < -0.3 is 19.8 Å². The van der Waals surface area contributed by atoms with Crippen LogP contribution >= 0.6 is 11.6 Å². The van der Waals surface area contributed by atoms with Gasteiger partial charge in [0.05, 0.1) is 30.2 Å². The molecule has 148 valence electrons. The number of fused-ring (bicyclic) bond motifs is 1. The van der Waals surface area contributed by atoms with E-state index in [9.17, 15) is 10.2 Å². The van der Waals surface area contributed by atoms with Crippen molar-refractivity contribution in [3.63, 3.8) is 0 Å². The second-order valence-electron chi connectivity index (χ2n) is 7.01. The molecule has 0 amide bonds. The van der Waals surface area contributed by atoms with Crippen LogP contribution in [0.15, 0.2) is 24.3 Å². The molecule has 4 rings (SSSR count). The molecule has 3 heterocycles. The zero-order valence-electron chi connectivity index (χ0n) is 15.9. The number of aromatic nitrogens is 3. The van der Waals surface area contributed by atoms with Crippen LogP contribution in [0.4, 0.5) is 5.82 Å². The third-order valence-corrected chi connectivity index (χ3v) is 5.65. The summed E-state index contributed by atoms with van der Waals surface area (Å²) in [6.07, 6.45) is -1.03. The van der Waals surface area contributed by atoms with Gasteiger partial charge in [0.25, 0.3) is 0 Å². The van der Waals surface area contributed by atoms with Gasteiger partial charge in [0, 0.05) is 24.5 Å². The molecule has 8 heteroatoms. The van der Waals surface area contributed by atoms with Gasteiger partial charge in [-0.1, -0.05) is 23.7 Å². The average Bonchev–Trinajstić information content (AvgIpc) is 3.00. The molecule has 0 radical (unpaired) electrons. The van der Waals surface area contributed by atoms with Crippen LogP contribution in [0.2, 0.25) is 5.02 Å². The normalized spacial score (nSPS) is 15.0. The number of rotatable bonds is 4. The van der Waals surface area contributed by atoms with Crippen molar-refractivity contribution in [2.45, 2.75) is 26.6 Å². The van der Waals surface area contributed by atoms with E-state index in [1.807, 2.05) is 32.0 Å². The molecule has 1 aromatic carbocycles. The van der Waals surface area contributed by atoms with Gasteiger partial charge >= 0.3 is 0 Å². The van der Waals surface area contributed by atoms with Crippen LogP contribution in [0.25, 0.3) is 5.65 Å². The molecule has 28 heavy (non-hydrogen) atoms. The summed E-state index contributed by atoms with van der Waals surface area (Å²) < 4.78 is 7.15. The molecule has 2 N–H and O–H groups in total. The van der Waals surface area contributed by atoms with Gasteiger partial charge in [-0.05, 0) is 37.1 Å². The van der Waals surface area contributed by atoms with Gasteiger partial charge in [-0.25, -0.2) is 9.50 Å². The number of ether oxygens (including phenoxy) is 1. The first-order valence-electron chi connectivity index (χ1n) is 9.27. The Morgan fingerprint density at radius 1 is 1.21 bits per heavy atom. The molecular weight excluding hydrogens is 380 g/mol. The number of halogens is 1. The summed E-state index contributed by atoms with van der Waals surface area (Å²) in [5.41, 5.74) is 4.60. The molecule has 2 aromatic heterocycles. The fourth-order valence-corrected chi connectivity index (χ4v) is 3.74. The molecular formula is C20H23ClN4O3. The fourth-order valence-electron chi connectivity index (χ4n) is 3.55. The van der Waals surface area contributed by atoms with Crippen molar-refractivity contribution in [1.82, 2.24) is 14.6 Å². The van der Waals surface area contributed by atoms with Gasteiger partial charge in [0.1, 0.15) is 5.82 Å². The van der Waals surface area contributed by atoms with Gasteiger partial charge in [0.15, 0.2) is 11.9 Å². The van der Waals surface area contributed by atoms with E-state index in [4.69, 9.17) is 21.4 Å². The Balaban J connectivity index is 1.85. The molecule has 1 aliphatic rings. The van der Waals surface area contributed by atoms with Crippen LogP contribution in [0.3, 0.4) is 0 Å². The number of imidazole rings is 1. The summed E-state index contributed by atoms with van der Waals surface area (Å²) in [5, 5.41) is 25.4. The highest BCUT2D eigenvalue weighted by Crippen LogP contribution is 2.27. The molecule has 1 saturated heterocycles. The maximum atomic E-state index is 9.93. The van der Waals surface area contributed by atoms with Crippen LogP contribution in [-0.2, 0) is 11.2 Å². The van der Waals surface area contributed by atoms with Gasteiger partial charge in [-0.3, -0.25) is 0 Å². The molecule has 0 atom stereocenters. The zero-order chi connectivity index (χ0) is 19.8. The number of hydrogen-bond donors (Lipinski definition) is 2. The molecule has 7 nitrogen and oxygen atoms in total. The molecule has 0 aliphatic carbocycles. The van der Waals surface area contributed by atoms with Crippen LogP contribution in [0.1, 0.15) is 34.4 Å². The molecule has 0 bridgehead atoms. The lowest BCUT2D eigenvalue weighted by molar-refractivity contribution is -0.0417. The van der Waals surface area contributed by atoms with Crippen molar-refractivity contribution < 1.29 is 14.9 Å². The predicted octanol–water partition coefficient (Wildman–Crippen LogP) is 2.41. The monoisotopic (exact) mass is 402 g/mol. The van der Waals surface area contributed by atoms with Gasteiger partial charge in [-0.2, -0.15) is 0 Å². The number of aliphatic hydroxyl groups excluding tert-OH is 1. The van der Waals surface area contributed by atoms with Crippen molar-refractivity contribution in [3.05, 3.63) is 57.4 Å². The first-order valence-corrected chi connectivity index (χ1v) is 9.65. The third kappa shape index (κ3) is 3.46. The van der Waals surface area contributed by atoms with Crippen molar-refractivity contribution in [3.8, 4) is 0 Å². The molecule has 0 saturated carbocycles. The SMILES string of the molecule is Cc1nc2c(C(O)O)cc(N3CCOCC3)nn2c1Cc1cccc(Cl)c1C. The number of morpholine rings is 1. The van der Waals surface area contributed by atoms with Crippen LogP contribution < -0.4 is 4.90 Å². The summed E-state index contributed by atoms with van der Waals surface area (Å²) in [7, 11) is 0. The summed E-state index contributed by atoms with van der Waals surface area (Å²) >= 11 is 6.28. The maximum absolute atomic E-state index is 9.93. The van der Waals surface area contributed by atoms with E-state index in [1.165, 1.54) is 0 Å². The van der Waals surface area contributed by atoms with E-state index in [1.54, 1.807) is 10.6 Å². The summed E-state index contributed by atoms with van der Waals surface area (Å²) in [4.78, 5) is 6.65. The molecule has 3 aromatic rings. The van der Waals surface area contributed by atoms with Crippen LogP contribution in [0, 0.1) is 13.8 Å². The smallest absolute Gasteiger partial charge is 0.182 e. The van der Waals surface area contributed by atoms with E-state index in [2.05, 4.69) is 9.88 Å². The van der Waals surface area contributed by atoms with Crippen molar-refractivity contribution in [1.29, 1.82) is 0 Å². The largest absolute Gasteiger partial charge is 0.378 e.